The van der Waals surface area contributed by atoms with Gasteiger partial charge in [-0.25, -0.2) is 13.8 Å². The number of carbonyl (C=O) groups is 1. The van der Waals surface area contributed by atoms with E-state index in [1.54, 1.807) is 0 Å². The first kappa shape index (κ1) is 23.7. The summed E-state index contributed by atoms with van der Waals surface area (Å²) in [6.45, 7) is 0.846. The van der Waals surface area contributed by atoms with Crippen LogP contribution in [0.25, 0.3) is 5.65 Å². The first-order valence-electron chi connectivity index (χ1n) is 9.19. The minimum atomic E-state index is -4.74. The average Bonchev–Trinajstić information content (AvgIpc) is 3.00. The van der Waals surface area contributed by atoms with Crippen LogP contribution < -0.4 is 15.8 Å². The van der Waals surface area contributed by atoms with Crippen LogP contribution in [0.4, 0.5) is 22.0 Å². The highest BCUT2D eigenvalue weighted by atomic mass is 35.5. The number of hydrogen-bond acceptors (Lipinski definition) is 4. The number of aromatic nitrogens is 2. The van der Waals surface area contributed by atoms with E-state index in [0.29, 0.717) is 0 Å². The lowest BCUT2D eigenvalue weighted by atomic mass is 10.0. The third-order valence-electron chi connectivity index (χ3n) is 4.74. The summed E-state index contributed by atoms with van der Waals surface area (Å²) < 4.78 is 73.4. The van der Waals surface area contributed by atoms with Gasteiger partial charge in [0.25, 0.3) is 5.91 Å². The lowest BCUT2D eigenvalue weighted by Crippen LogP contribution is -2.58. The Hall–Kier alpha value is -2.92. The molecule has 1 unspecified atom stereocenters. The number of rotatable bonds is 6. The van der Waals surface area contributed by atoms with Crippen molar-refractivity contribution in [2.45, 2.75) is 32.2 Å². The van der Waals surface area contributed by atoms with Crippen LogP contribution in [0, 0.1) is 18.6 Å². The molecule has 2 aromatic heterocycles. The van der Waals surface area contributed by atoms with E-state index in [0.717, 1.165) is 19.1 Å². The Bertz CT molecular complexity index is 1160. The Morgan fingerprint density at radius 2 is 1.91 bits per heavy atom. The van der Waals surface area contributed by atoms with Crippen molar-refractivity contribution in [1.82, 2.24) is 14.7 Å². The lowest BCUT2D eigenvalue weighted by Gasteiger charge is -2.27. The van der Waals surface area contributed by atoms with Gasteiger partial charge in [-0.1, -0.05) is 17.7 Å². The molecule has 2 heterocycles. The summed E-state index contributed by atoms with van der Waals surface area (Å²) >= 11 is 6.09. The molecule has 0 radical (unpaired) electrons. The maximum absolute atomic E-state index is 13.9. The van der Waals surface area contributed by atoms with Gasteiger partial charge in [-0.3, -0.25) is 9.20 Å². The van der Waals surface area contributed by atoms with E-state index >= 15 is 0 Å². The zero-order chi connectivity index (χ0) is 23.8. The van der Waals surface area contributed by atoms with Gasteiger partial charge < -0.3 is 15.8 Å². The molecule has 3 rings (SSSR count). The number of benzene rings is 1. The molecule has 12 heteroatoms. The van der Waals surface area contributed by atoms with Crippen molar-refractivity contribution in [3.63, 3.8) is 0 Å². The van der Waals surface area contributed by atoms with Crippen LogP contribution in [0.3, 0.4) is 0 Å². The number of hydrogen-bond donors (Lipinski definition) is 2. The second-order valence-corrected chi connectivity index (χ2v) is 7.79. The molecule has 1 aromatic carbocycles. The van der Waals surface area contributed by atoms with Crippen molar-refractivity contribution in [2.75, 3.05) is 6.54 Å². The van der Waals surface area contributed by atoms with Crippen LogP contribution in [0.2, 0.25) is 5.02 Å². The number of alkyl halides is 3. The van der Waals surface area contributed by atoms with E-state index in [-0.39, 0.29) is 33.4 Å². The molecule has 1 atom stereocenters. The molecule has 32 heavy (non-hydrogen) atoms. The summed E-state index contributed by atoms with van der Waals surface area (Å²) in [6.07, 6.45) is -3.42. The van der Waals surface area contributed by atoms with Gasteiger partial charge in [-0.15, -0.1) is 0 Å². The number of nitrogens with two attached hydrogens (primary N) is 1. The number of aryl methyl sites for hydroxylation is 1. The molecule has 0 saturated carbocycles. The van der Waals surface area contributed by atoms with E-state index in [1.165, 1.54) is 29.7 Å². The Morgan fingerprint density at radius 3 is 2.50 bits per heavy atom. The molecule has 0 aliphatic rings. The van der Waals surface area contributed by atoms with Gasteiger partial charge in [0.15, 0.2) is 11.4 Å². The summed E-state index contributed by atoms with van der Waals surface area (Å²) in [7, 11) is 0. The average molecular weight is 477 g/mol. The number of halogens is 6. The van der Waals surface area contributed by atoms with Crippen molar-refractivity contribution in [1.29, 1.82) is 0 Å². The maximum Gasteiger partial charge on any atom is 0.407 e. The lowest BCUT2D eigenvalue weighted by molar-refractivity contribution is -0.178. The van der Waals surface area contributed by atoms with E-state index in [4.69, 9.17) is 22.1 Å². The molecule has 0 spiro atoms. The van der Waals surface area contributed by atoms with Gasteiger partial charge in [-0.05, 0) is 26.0 Å². The maximum atomic E-state index is 13.9. The van der Waals surface area contributed by atoms with Gasteiger partial charge in [0, 0.05) is 18.8 Å². The summed E-state index contributed by atoms with van der Waals surface area (Å²) in [5.74, 6) is -2.47. The van der Waals surface area contributed by atoms with Crippen molar-refractivity contribution in [2.24, 2.45) is 5.73 Å². The van der Waals surface area contributed by atoms with Gasteiger partial charge in [-0.2, -0.15) is 13.2 Å². The zero-order valence-electron chi connectivity index (χ0n) is 16.9. The Balaban J connectivity index is 1.91. The van der Waals surface area contributed by atoms with Crippen LogP contribution in [0.5, 0.6) is 5.75 Å². The highest BCUT2D eigenvalue weighted by Gasteiger charge is 2.48. The van der Waals surface area contributed by atoms with Crippen molar-refractivity contribution >= 4 is 23.2 Å². The summed E-state index contributed by atoms with van der Waals surface area (Å²) in [5, 5.41) is 2.24. The fourth-order valence-electron chi connectivity index (χ4n) is 2.84. The van der Waals surface area contributed by atoms with E-state index in [1.807, 2.05) is 0 Å². The first-order valence-corrected chi connectivity index (χ1v) is 9.57. The number of pyridine rings is 1. The third kappa shape index (κ3) is 4.63. The molecule has 3 N–H and O–H groups in total. The number of nitrogens with zero attached hydrogens (tertiary/aromatic N) is 2. The minimum Gasteiger partial charge on any atom is -0.485 e. The van der Waals surface area contributed by atoms with Gasteiger partial charge in [0.2, 0.25) is 0 Å². The molecule has 172 valence electrons. The summed E-state index contributed by atoms with van der Waals surface area (Å²) in [4.78, 5) is 16.8. The molecule has 6 nitrogen and oxygen atoms in total. The number of nitrogens with one attached hydrogen (secondary N) is 1. The fraction of sp³-hybridized carbons (Fsp3) is 0.300. The molecule has 3 aromatic rings. The summed E-state index contributed by atoms with van der Waals surface area (Å²) in [5.41, 5.74) is 2.44. The van der Waals surface area contributed by atoms with Crippen LogP contribution in [-0.4, -0.2) is 33.6 Å². The second kappa shape index (κ2) is 8.55. The van der Waals surface area contributed by atoms with E-state index in [2.05, 4.69) is 10.3 Å². The summed E-state index contributed by atoms with van der Waals surface area (Å²) in [6, 6.07) is 4.69. The van der Waals surface area contributed by atoms with E-state index in [9.17, 15) is 26.7 Å². The van der Waals surface area contributed by atoms with E-state index < -0.39 is 42.4 Å². The zero-order valence-corrected chi connectivity index (χ0v) is 17.6. The van der Waals surface area contributed by atoms with Crippen molar-refractivity contribution < 1.29 is 31.5 Å². The standard InChI is InChI=1S/C20H18ClF5N4O2/c1-10-16(18(31)28-9-19(2,27)20(24,25)26)30-7-11(21)6-15(17(30)29-10)32-8-12-13(22)4-3-5-14(12)23/h3-7H,8-9,27H2,1-2H3,(H,28,31). The Morgan fingerprint density at radius 1 is 1.28 bits per heavy atom. The van der Waals surface area contributed by atoms with Crippen LogP contribution in [-0.2, 0) is 6.61 Å². The number of amides is 1. The topological polar surface area (TPSA) is 81.7 Å². The molecular weight excluding hydrogens is 459 g/mol. The number of carbonyl (C=O) groups excluding carboxylic acids is 1. The fourth-order valence-corrected chi connectivity index (χ4v) is 3.04. The largest absolute Gasteiger partial charge is 0.485 e. The van der Waals surface area contributed by atoms with Gasteiger partial charge in [0.05, 0.1) is 16.3 Å². The molecule has 0 fully saturated rings. The Kier molecular flexibility index (Phi) is 6.34. The highest BCUT2D eigenvalue weighted by Crippen LogP contribution is 2.29. The normalized spacial score (nSPS) is 13.8. The smallest absolute Gasteiger partial charge is 0.407 e. The predicted octanol–water partition coefficient (Wildman–Crippen LogP) is 4.16. The number of ether oxygens (including phenoxy) is 1. The minimum absolute atomic E-state index is 0.0151. The number of imidazole rings is 1. The third-order valence-corrected chi connectivity index (χ3v) is 4.95. The quantitative estimate of drug-likeness (QED) is 0.523. The first-order chi connectivity index (χ1) is 14.8. The number of fused-ring (bicyclic) bond motifs is 1. The predicted molar refractivity (Wildman–Crippen MR) is 107 cm³/mol. The molecule has 0 aliphatic carbocycles. The monoisotopic (exact) mass is 476 g/mol. The van der Waals surface area contributed by atoms with Crippen LogP contribution in [0.15, 0.2) is 30.5 Å². The van der Waals surface area contributed by atoms with Crippen LogP contribution >= 0.6 is 11.6 Å². The van der Waals surface area contributed by atoms with Gasteiger partial charge in [0.1, 0.15) is 29.5 Å². The molecular formula is C20H18ClF5N4O2. The SMILES string of the molecule is Cc1nc2c(OCc3c(F)cccc3F)cc(Cl)cn2c1C(=O)NCC(C)(N)C(F)(F)F. The second-order valence-electron chi connectivity index (χ2n) is 7.35. The van der Waals surface area contributed by atoms with Crippen LogP contribution in [0.1, 0.15) is 28.7 Å². The van der Waals surface area contributed by atoms with Crippen molar-refractivity contribution in [3.05, 3.63) is 64.1 Å². The molecule has 0 bridgehead atoms. The molecule has 1 amide bonds. The Labute approximate surface area is 184 Å². The van der Waals surface area contributed by atoms with Crippen molar-refractivity contribution in [3.8, 4) is 5.75 Å². The highest BCUT2D eigenvalue weighted by molar-refractivity contribution is 6.30. The van der Waals surface area contributed by atoms with Gasteiger partial charge >= 0.3 is 6.18 Å². The molecule has 0 saturated heterocycles. The molecule has 0 aliphatic heterocycles.